The van der Waals surface area contributed by atoms with Crippen LogP contribution in [0.1, 0.15) is 22.7 Å². The first-order chi connectivity index (χ1) is 15.8. The second kappa shape index (κ2) is 10.2. The number of aliphatic carboxylic acids is 1. The lowest BCUT2D eigenvalue weighted by molar-refractivity contribution is -0.146. The van der Waals surface area contributed by atoms with Gasteiger partial charge in [0.05, 0.1) is 0 Å². The smallest absolute Gasteiger partial charge is 0.331 e. The van der Waals surface area contributed by atoms with Gasteiger partial charge in [0.2, 0.25) is 5.91 Å². The summed E-state index contributed by atoms with van der Waals surface area (Å²) in [5.74, 6) is -2.36. The molecule has 0 spiro atoms. The fourth-order valence-corrected chi connectivity index (χ4v) is 3.35. The van der Waals surface area contributed by atoms with Crippen LogP contribution >= 0.6 is 0 Å². The van der Waals surface area contributed by atoms with Gasteiger partial charge in [0, 0.05) is 24.7 Å². The number of carbonyl (C=O) groups is 4. The number of hydrogen-bond acceptors (Lipinski definition) is 5. The van der Waals surface area contributed by atoms with Crippen molar-refractivity contribution in [1.29, 1.82) is 5.41 Å². The van der Waals surface area contributed by atoms with E-state index >= 15 is 0 Å². The Balaban J connectivity index is 1.55. The molecule has 4 amide bonds. The Labute approximate surface area is 189 Å². The number of nitrogen functional groups attached to an aromatic ring is 1. The molecule has 0 bridgehead atoms. The van der Waals surface area contributed by atoms with E-state index in [4.69, 9.17) is 11.1 Å². The lowest BCUT2D eigenvalue weighted by atomic mass is 10.1. The quantitative estimate of drug-likeness (QED) is 0.195. The average molecular weight is 449 g/mol. The SMILES string of the molecule is N=C(N)c1ccc(C=CC(=O)NCCN2CC(=O)N(C(C(=O)O)c3ccccc3)C2=O)cc1. The van der Waals surface area contributed by atoms with Crippen molar-refractivity contribution in [3.05, 3.63) is 77.4 Å². The molecule has 10 heteroatoms. The standard InChI is InChI=1S/C23H23N5O5/c24-21(25)17-9-6-15(7-10-17)8-11-18(29)26-12-13-27-14-19(30)28(23(27)33)20(22(31)32)16-4-2-1-3-5-16/h1-11,20H,12-14H2,(H3,24,25)(H,26,29)(H,31,32). The van der Waals surface area contributed by atoms with Crippen LogP contribution in [0.15, 0.2) is 60.7 Å². The Morgan fingerprint density at radius 1 is 1.12 bits per heavy atom. The molecule has 2 aromatic rings. The molecule has 3 rings (SSSR count). The number of benzene rings is 2. The zero-order valence-corrected chi connectivity index (χ0v) is 17.6. The number of nitrogens with one attached hydrogen (secondary N) is 2. The molecule has 0 aliphatic carbocycles. The lowest BCUT2D eigenvalue weighted by Gasteiger charge is -2.23. The third-order valence-corrected chi connectivity index (χ3v) is 5.01. The maximum atomic E-state index is 12.7. The highest BCUT2D eigenvalue weighted by Crippen LogP contribution is 2.26. The van der Waals surface area contributed by atoms with Crippen LogP contribution in [0, 0.1) is 5.41 Å². The Hall–Kier alpha value is -4.47. The van der Waals surface area contributed by atoms with E-state index in [0.717, 1.165) is 10.5 Å². The van der Waals surface area contributed by atoms with Gasteiger partial charge in [-0.2, -0.15) is 0 Å². The molecule has 170 valence electrons. The number of carbonyl (C=O) groups excluding carboxylic acids is 3. The Kier molecular flexibility index (Phi) is 7.19. The van der Waals surface area contributed by atoms with Gasteiger partial charge < -0.3 is 21.1 Å². The maximum absolute atomic E-state index is 12.7. The first-order valence-corrected chi connectivity index (χ1v) is 10.1. The van der Waals surface area contributed by atoms with Gasteiger partial charge in [-0.3, -0.25) is 15.0 Å². The third kappa shape index (κ3) is 5.62. The van der Waals surface area contributed by atoms with Gasteiger partial charge in [-0.15, -0.1) is 0 Å². The van der Waals surface area contributed by atoms with Gasteiger partial charge in [0.25, 0.3) is 5.91 Å². The van der Waals surface area contributed by atoms with E-state index in [-0.39, 0.29) is 25.5 Å². The lowest BCUT2D eigenvalue weighted by Crippen LogP contribution is -2.41. The van der Waals surface area contributed by atoms with Gasteiger partial charge in [0.15, 0.2) is 6.04 Å². The summed E-state index contributed by atoms with van der Waals surface area (Å²) in [6.07, 6.45) is 2.91. The molecule has 5 N–H and O–H groups in total. The Bertz CT molecular complexity index is 1100. The van der Waals surface area contributed by atoms with Gasteiger partial charge in [-0.1, -0.05) is 54.6 Å². The molecule has 10 nitrogen and oxygen atoms in total. The van der Waals surface area contributed by atoms with Crippen LogP contribution in [0.5, 0.6) is 0 Å². The number of amides is 4. The van der Waals surface area contributed by atoms with E-state index in [2.05, 4.69) is 5.32 Å². The monoisotopic (exact) mass is 449 g/mol. The van der Waals surface area contributed by atoms with Crippen molar-refractivity contribution in [1.82, 2.24) is 15.1 Å². The summed E-state index contributed by atoms with van der Waals surface area (Å²) in [7, 11) is 0. The molecule has 33 heavy (non-hydrogen) atoms. The van der Waals surface area contributed by atoms with Crippen molar-refractivity contribution in [2.75, 3.05) is 19.6 Å². The minimum Gasteiger partial charge on any atom is -0.479 e. The number of amidine groups is 1. The number of imide groups is 1. The van der Waals surface area contributed by atoms with Crippen LogP contribution < -0.4 is 11.1 Å². The van der Waals surface area contributed by atoms with E-state index in [9.17, 15) is 24.3 Å². The van der Waals surface area contributed by atoms with Gasteiger partial charge in [0.1, 0.15) is 12.4 Å². The molecule has 1 atom stereocenters. The highest BCUT2D eigenvalue weighted by Gasteiger charge is 2.43. The van der Waals surface area contributed by atoms with Crippen molar-refractivity contribution >= 4 is 35.7 Å². The second-order valence-corrected chi connectivity index (χ2v) is 7.28. The second-order valence-electron chi connectivity index (χ2n) is 7.28. The molecule has 2 aromatic carbocycles. The Morgan fingerprint density at radius 3 is 2.39 bits per heavy atom. The number of nitrogens with two attached hydrogens (primary N) is 1. The predicted octanol–water partition coefficient (Wildman–Crippen LogP) is 1.19. The minimum absolute atomic E-state index is 0.0461. The van der Waals surface area contributed by atoms with E-state index < -0.39 is 29.9 Å². The summed E-state index contributed by atoms with van der Waals surface area (Å²) in [4.78, 5) is 50.9. The molecule has 1 unspecified atom stereocenters. The van der Waals surface area contributed by atoms with E-state index in [1.54, 1.807) is 60.7 Å². The van der Waals surface area contributed by atoms with Crippen LogP contribution in [-0.4, -0.2) is 64.2 Å². The molecule has 1 saturated heterocycles. The number of nitrogens with zero attached hydrogens (tertiary/aromatic N) is 2. The molecule has 0 aromatic heterocycles. The van der Waals surface area contributed by atoms with Crippen LogP contribution in [0.4, 0.5) is 4.79 Å². The summed E-state index contributed by atoms with van der Waals surface area (Å²) < 4.78 is 0. The third-order valence-electron chi connectivity index (χ3n) is 5.01. The van der Waals surface area contributed by atoms with Crippen molar-refractivity contribution in [2.24, 2.45) is 5.73 Å². The number of hydrogen-bond donors (Lipinski definition) is 4. The molecule has 1 fully saturated rings. The molecule has 1 heterocycles. The van der Waals surface area contributed by atoms with Crippen molar-refractivity contribution in [3.8, 4) is 0 Å². The number of rotatable bonds is 9. The summed E-state index contributed by atoms with van der Waals surface area (Å²) in [5.41, 5.74) is 7.04. The fourth-order valence-electron chi connectivity index (χ4n) is 3.35. The highest BCUT2D eigenvalue weighted by atomic mass is 16.4. The summed E-state index contributed by atoms with van der Waals surface area (Å²) in [5, 5.41) is 19.6. The molecule has 1 aliphatic heterocycles. The molecule has 0 saturated carbocycles. The number of carboxylic acid groups (broad SMARTS) is 1. The van der Waals surface area contributed by atoms with Gasteiger partial charge in [-0.25, -0.2) is 14.5 Å². The van der Waals surface area contributed by atoms with Crippen molar-refractivity contribution in [2.45, 2.75) is 6.04 Å². The minimum atomic E-state index is -1.41. The van der Waals surface area contributed by atoms with E-state index in [1.165, 1.54) is 11.0 Å². The first kappa shape index (κ1) is 23.2. The largest absolute Gasteiger partial charge is 0.479 e. The Morgan fingerprint density at radius 2 is 1.79 bits per heavy atom. The van der Waals surface area contributed by atoms with Crippen LogP contribution in [0.2, 0.25) is 0 Å². The summed E-state index contributed by atoms with van der Waals surface area (Å²) >= 11 is 0. The van der Waals surface area contributed by atoms with Gasteiger partial charge >= 0.3 is 12.0 Å². The number of urea groups is 1. The topological polar surface area (TPSA) is 157 Å². The van der Waals surface area contributed by atoms with E-state index in [0.29, 0.717) is 11.1 Å². The molecule has 1 aliphatic rings. The van der Waals surface area contributed by atoms with Crippen molar-refractivity contribution in [3.63, 3.8) is 0 Å². The molecular weight excluding hydrogens is 426 g/mol. The van der Waals surface area contributed by atoms with Gasteiger partial charge in [-0.05, 0) is 17.2 Å². The molecular formula is C23H23N5O5. The van der Waals surface area contributed by atoms with E-state index in [1.807, 2.05) is 0 Å². The normalized spacial score (nSPS) is 14.5. The van der Waals surface area contributed by atoms with Crippen LogP contribution in [0.3, 0.4) is 0 Å². The first-order valence-electron chi connectivity index (χ1n) is 10.1. The fraction of sp³-hybridized carbons (Fsp3) is 0.174. The average Bonchev–Trinajstić information content (AvgIpc) is 3.06. The zero-order chi connectivity index (χ0) is 24.0. The van der Waals surface area contributed by atoms with Crippen LogP contribution in [0.25, 0.3) is 6.08 Å². The summed E-state index contributed by atoms with van der Waals surface area (Å²) in [6, 6.07) is 12.7. The summed E-state index contributed by atoms with van der Waals surface area (Å²) in [6.45, 7) is -0.124. The highest BCUT2D eigenvalue weighted by molar-refractivity contribution is 6.05. The maximum Gasteiger partial charge on any atom is 0.331 e. The van der Waals surface area contributed by atoms with Crippen LogP contribution in [-0.2, 0) is 14.4 Å². The zero-order valence-electron chi connectivity index (χ0n) is 17.6. The predicted molar refractivity (Wildman–Crippen MR) is 120 cm³/mol. The van der Waals surface area contributed by atoms with Crippen molar-refractivity contribution < 1.29 is 24.3 Å². The number of carboxylic acids is 1. The molecule has 0 radical (unpaired) electrons.